The summed E-state index contributed by atoms with van der Waals surface area (Å²) in [5.41, 5.74) is 27.1. The number of carbonyl (C=O) groups is 6. The third-order valence-electron chi connectivity index (χ3n) is 7.87. The Morgan fingerprint density at radius 3 is 1.90 bits per heavy atom. The van der Waals surface area contributed by atoms with Crippen LogP contribution in [-0.4, -0.2) is 105 Å². The first-order chi connectivity index (χ1) is 24.4. The molecule has 0 radical (unpaired) electrons. The van der Waals surface area contributed by atoms with Gasteiger partial charge in [0.2, 0.25) is 23.6 Å². The third-order valence-corrected chi connectivity index (χ3v) is 7.87. The molecule has 0 unspecified atom stereocenters. The van der Waals surface area contributed by atoms with E-state index in [1.54, 1.807) is 12.3 Å². The largest absolute Gasteiger partial charge is 0.481 e. The van der Waals surface area contributed by atoms with Gasteiger partial charge < -0.3 is 65.1 Å². The number of H-pyrrole nitrogens is 1. The number of rotatable bonds is 22. The zero-order valence-electron chi connectivity index (χ0n) is 29.2. The van der Waals surface area contributed by atoms with E-state index in [0.29, 0.717) is 5.56 Å². The SMILES string of the molecule is CC(C)(NC(=O)[C@H](CCCN=C(N)N)NC(=O)[C@@H](N)CCC(=O)O)C(=O)N[C@@H](CCCN=C(N)N)C(=O)N[C@@H](Cc1c[nH]c2ccccc12)C(=O)O. The Labute approximate surface area is 299 Å². The standard InChI is InChI=1S/C32H50N12O8/c1-32(2,44-27(49)22(10-6-14-39-31(36)37)41-25(47)19(33)11-12-24(45)46)29(52)43-21(9-5-13-38-30(34)35)26(48)42-23(28(50)51)15-17-16-40-20-8-4-3-7-18(17)20/h3-4,7-8,16,19,21-23,40H,5-6,9-15,33H2,1-2H3,(H,41,47)(H,42,48)(H,43,52)(H,44,49)(H,45,46)(H,50,51)(H4,34,35,38)(H4,36,37,39)/t19-,21-,22-,23-/m0/s1. The molecule has 0 fully saturated rings. The first kappa shape index (κ1) is 42.2. The minimum absolute atomic E-state index is 0.00445. The fourth-order valence-corrected chi connectivity index (χ4v) is 5.02. The molecular formula is C32H50N12O8. The summed E-state index contributed by atoms with van der Waals surface area (Å²) in [6.07, 6.45) is 1.50. The van der Waals surface area contributed by atoms with Gasteiger partial charge in [-0.15, -0.1) is 0 Å². The number of carbonyl (C=O) groups excluding carboxylic acids is 4. The van der Waals surface area contributed by atoms with Crippen molar-refractivity contribution in [2.24, 2.45) is 38.7 Å². The summed E-state index contributed by atoms with van der Waals surface area (Å²) in [5.74, 6) is -6.00. The molecule has 0 aliphatic rings. The highest BCUT2D eigenvalue weighted by Gasteiger charge is 2.36. The van der Waals surface area contributed by atoms with Crippen molar-refractivity contribution in [3.8, 4) is 0 Å². The van der Waals surface area contributed by atoms with Crippen LogP contribution >= 0.6 is 0 Å². The Hall–Kier alpha value is -5.92. The third kappa shape index (κ3) is 14.1. The van der Waals surface area contributed by atoms with Crippen LogP contribution in [0.1, 0.15) is 57.9 Å². The lowest BCUT2D eigenvalue weighted by molar-refractivity contribution is -0.142. The highest BCUT2D eigenvalue weighted by Crippen LogP contribution is 2.19. The van der Waals surface area contributed by atoms with E-state index in [0.717, 1.165) is 10.9 Å². The molecule has 20 nitrogen and oxygen atoms in total. The molecule has 4 atom stereocenters. The van der Waals surface area contributed by atoms with E-state index in [4.69, 9.17) is 33.8 Å². The summed E-state index contributed by atoms with van der Waals surface area (Å²) in [5, 5.41) is 29.8. The van der Waals surface area contributed by atoms with Crippen LogP contribution in [0.5, 0.6) is 0 Å². The number of benzene rings is 1. The lowest BCUT2D eigenvalue weighted by atomic mass is 10.00. The van der Waals surface area contributed by atoms with Gasteiger partial charge in [0.1, 0.15) is 23.7 Å². The van der Waals surface area contributed by atoms with E-state index < -0.39 is 65.3 Å². The number of aliphatic carboxylic acids is 2. The van der Waals surface area contributed by atoms with E-state index in [-0.39, 0.29) is 70.0 Å². The summed E-state index contributed by atoms with van der Waals surface area (Å²) in [6, 6.07) is 2.18. The number of nitrogens with one attached hydrogen (secondary N) is 5. The number of hydrogen-bond acceptors (Lipinski definition) is 9. The average molecular weight is 731 g/mol. The summed E-state index contributed by atoms with van der Waals surface area (Å²) in [7, 11) is 0. The Kier molecular flexibility index (Phi) is 16.3. The smallest absolute Gasteiger partial charge is 0.326 e. The van der Waals surface area contributed by atoms with E-state index in [2.05, 4.69) is 36.2 Å². The molecule has 0 saturated carbocycles. The Bertz CT molecular complexity index is 1630. The van der Waals surface area contributed by atoms with Crippen LogP contribution in [0, 0.1) is 0 Å². The number of nitrogens with two attached hydrogens (primary N) is 5. The number of guanidine groups is 2. The van der Waals surface area contributed by atoms with Crippen LogP contribution in [0.25, 0.3) is 10.9 Å². The van der Waals surface area contributed by atoms with E-state index >= 15 is 0 Å². The summed E-state index contributed by atoms with van der Waals surface area (Å²) in [6.45, 7) is 2.95. The molecule has 17 N–H and O–H groups in total. The maximum atomic E-state index is 13.6. The number of carboxylic acids is 2. The van der Waals surface area contributed by atoms with Gasteiger partial charge in [-0.3, -0.25) is 34.0 Å². The van der Waals surface area contributed by atoms with Gasteiger partial charge in [0.05, 0.1) is 6.04 Å². The van der Waals surface area contributed by atoms with Crippen molar-refractivity contribution >= 4 is 58.4 Å². The van der Waals surface area contributed by atoms with Gasteiger partial charge in [0, 0.05) is 43.0 Å². The number of fused-ring (bicyclic) bond motifs is 1. The number of carboxylic acid groups (broad SMARTS) is 2. The van der Waals surface area contributed by atoms with Crippen molar-refractivity contribution in [2.45, 2.75) is 88.5 Å². The zero-order valence-corrected chi connectivity index (χ0v) is 29.2. The molecule has 1 aromatic carbocycles. The molecule has 52 heavy (non-hydrogen) atoms. The molecule has 1 heterocycles. The van der Waals surface area contributed by atoms with Gasteiger partial charge in [-0.25, -0.2) is 4.79 Å². The van der Waals surface area contributed by atoms with Gasteiger partial charge >= 0.3 is 11.9 Å². The number of aromatic amines is 1. The predicted molar refractivity (Wildman–Crippen MR) is 192 cm³/mol. The highest BCUT2D eigenvalue weighted by molar-refractivity contribution is 5.97. The minimum Gasteiger partial charge on any atom is -0.481 e. The number of aromatic nitrogens is 1. The van der Waals surface area contributed by atoms with Crippen molar-refractivity contribution < 1.29 is 39.0 Å². The molecular weight excluding hydrogens is 680 g/mol. The van der Waals surface area contributed by atoms with Crippen LogP contribution in [0.15, 0.2) is 40.4 Å². The molecule has 2 rings (SSSR count). The van der Waals surface area contributed by atoms with Crippen LogP contribution < -0.4 is 49.9 Å². The zero-order chi connectivity index (χ0) is 39.0. The van der Waals surface area contributed by atoms with Gasteiger partial charge in [0.15, 0.2) is 11.9 Å². The lowest BCUT2D eigenvalue weighted by Crippen LogP contribution is -2.62. The second kappa shape index (κ2) is 20.1. The summed E-state index contributed by atoms with van der Waals surface area (Å²) in [4.78, 5) is 87.3. The maximum Gasteiger partial charge on any atom is 0.326 e. The maximum absolute atomic E-state index is 13.6. The normalized spacial score (nSPS) is 13.4. The predicted octanol–water partition coefficient (Wildman–Crippen LogP) is -2.56. The first-order valence-corrected chi connectivity index (χ1v) is 16.5. The highest BCUT2D eigenvalue weighted by atomic mass is 16.4. The molecule has 4 amide bonds. The van der Waals surface area contributed by atoms with Gasteiger partial charge in [-0.05, 0) is 57.6 Å². The van der Waals surface area contributed by atoms with Crippen molar-refractivity contribution in [3.05, 3.63) is 36.0 Å². The quantitative estimate of drug-likeness (QED) is 0.0337. The molecule has 2 aromatic rings. The van der Waals surface area contributed by atoms with Crippen LogP contribution in [0.3, 0.4) is 0 Å². The number of amides is 4. The average Bonchev–Trinajstić information content (AvgIpc) is 3.47. The molecule has 0 spiro atoms. The first-order valence-electron chi connectivity index (χ1n) is 16.5. The van der Waals surface area contributed by atoms with Gasteiger partial charge in [0.25, 0.3) is 0 Å². The van der Waals surface area contributed by atoms with Crippen LogP contribution in [0.2, 0.25) is 0 Å². The molecule has 0 bridgehead atoms. The van der Waals surface area contributed by atoms with E-state index in [9.17, 15) is 33.9 Å². The summed E-state index contributed by atoms with van der Waals surface area (Å²) < 4.78 is 0. The minimum atomic E-state index is -1.68. The molecule has 0 aliphatic heterocycles. The van der Waals surface area contributed by atoms with Crippen molar-refractivity contribution in [3.63, 3.8) is 0 Å². The molecule has 0 aliphatic carbocycles. The van der Waals surface area contributed by atoms with Gasteiger partial charge in [-0.2, -0.15) is 0 Å². The monoisotopic (exact) mass is 730 g/mol. The fraction of sp³-hybridized carbons (Fsp3) is 0.500. The second-order valence-corrected chi connectivity index (χ2v) is 12.6. The van der Waals surface area contributed by atoms with Crippen molar-refractivity contribution in [1.29, 1.82) is 0 Å². The van der Waals surface area contributed by atoms with E-state index in [1.165, 1.54) is 13.8 Å². The Balaban J connectivity index is 2.23. The second-order valence-electron chi connectivity index (χ2n) is 12.6. The molecule has 20 heteroatoms. The fourth-order valence-electron chi connectivity index (χ4n) is 5.02. The topological polar surface area (TPSA) is 362 Å². The summed E-state index contributed by atoms with van der Waals surface area (Å²) >= 11 is 0. The van der Waals surface area contributed by atoms with Crippen molar-refractivity contribution in [2.75, 3.05) is 13.1 Å². The van der Waals surface area contributed by atoms with E-state index in [1.807, 2.05) is 18.2 Å². The Morgan fingerprint density at radius 2 is 1.35 bits per heavy atom. The van der Waals surface area contributed by atoms with Crippen LogP contribution in [0.4, 0.5) is 0 Å². The molecule has 1 aromatic heterocycles. The molecule has 286 valence electrons. The Morgan fingerprint density at radius 1 is 0.788 bits per heavy atom. The lowest BCUT2D eigenvalue weighted by Gasteiger charge is -2.30. The van der Waals surface area contributed by atoms with Crippen LogP contribution in [-0.2, 0) is 35.2 Å². The molecule has 0 saturated heterocycles. The number of para-hydroxylation sites is 1. The number of hydrogen-bond donors (Lipinski definition) is 12. The van der Waals surface area contributed by atoms with Gasteiger partial charge in [-0.1, -0.05) is 18.2 Å². The van der Waals surface area contributed by atoms with Crippen molar-refractivity contribution in [1.82, 2.24) is 26.3 Å². The number of aliphatic imine (C=N–C) groups is 2. The number of nitrogens with zero attached hydrogens (tertiary/aromatic N) is 2.